The molecule has 1 aliphatic carbocycles. The second-order valence-corrected chi connectivity index (χ2v) is 5.53. The predicted octanol–water partition coefficient (Wildman–Crippen LogP) is 3.50. The number of aliphatic hydroxyl groups excluding tert-OH is 2. The van der Waals surface area contributed by atoms with Crippen LogP contribution in [0.1, 0.15) is 40.0 Å². The zero-order chi connectivity index (χ0) is 14.6. The summed E-state index contributed by atoms with van der Waals surface area (Å²) in [5, 5.41) is 20.8. The summed E-state index contributed by atoms with van der Waals surface area (Å²) in [6, 6.07) is 6.87. The molecule has 2 nitrogen and oxygen atoms in total. The molecule has 0 unspecified atom stereocenters. The number of fused-ring (bicyclic) bond motifs is 3. The van der Waals surface area contributed by atoms with Gasteiger partial charge in [-0.2, -0.15) is 0 Å². The first-order chi connectivity index (χ1) is 9.43. The number of aliphatic hydroxyl groups is 2. The van der Waals surface area contributed by atoms with Gasteiger partial charge in [0.05, 0.1) is 0 Å². The number of aryl methyl sites for hydroxylation is 3. The van der Waals surface area contributed by atoms with E-state index in [0.717, 1.165) is 22.3 Å². The van der Waals surface area contributed by atoms with Gasteiger partial charge in [-0.25, -0.2) is 4.39 Å². The summed E-state index contributed by atoms with van der Waals surface area (Å²) in [5.41, 5.74) is 4.84. The van der Waals surface area contributed by atoms with E-state index in [2.05, 4.69) is 0 Å². The van der Waals surface area contributed by atoms with Crippen LogP contribution in [0.3, 0.4) is 0 Å². The van der Waals surface area contributed by atoms with Gasteiger partial charge in [0.1, 0.15) is 18.0 Å². The average Bonchev–Trinajstić information content (AvgIpc) is 2.41. The van der Waals surface area contributed by atoms with Crippen molar-refractivity contribution >= 4 is 0 Å². The molecule has 2 aromatic carbocycles. The fraction of sp³-hybridized carbons (Fsp3) is 0.294. The van der Waals surface area contributed by atoms with Crippen molar-refractivity contribution in [3.05, 3.63) is 57.9 Å². The third kappa shape index (κ3) is 1.63. The highest BCUT2D eigenvalue weighted by molar-refractivity contribution is 5.79. The van der Waals surface area contributed by atoms with Gasteiger partial charge in [-0.1, -0.05) is 18.2 Å². The highest BCUT2D eigenvalue weighted by Gasteiger charge is 2.35. The summed E-state index contributed by atoms with van der Waals surface area (Å²) < 4.78 is 14.3. The zero-order valence-electron chi connectivity index (χ0n) is 11.7. The third-order valence-electron chi connectivity index (χ3n) is 4.23. The maximum Gasteiger partial charge on any atom is 0.131 e. The lowest BCUT2D eigenvalue weighted by molar-refractivity contribution is 0.0147. The molecule has 3 rings (SSSR count). The third-order valence-corrected chi connectivity index (χ3v) is 4.23. The molecular weight excluding hydrogens is 255 g/mol. The Morgan fingerprint density at radius 3 is 1.80 bits per heavy atom. The molecule has 0 bridgehead atoms. The van der Waals surface area contributed by atoms with E-state index in [4.69, 9.17) is 0 Å². The molecule has 2 aromatic rings. The summed E-state index contributed by atoms with van der Waals surface area (Å²) in [6.07, 6.45) is -2.11. The van der Waals surface area contributed by atoms with Gasteiger partial charge in [-0.3, -0.25) is 0 Å². The Labute approximate surface area is 117 Å². The van der Waals surface area contributed by atoms with E-state index in [9.17, 15) is 14.6 Å². The standard InChI is InChI=1S/C17H17FO2/c1-8-4-5-9(2)13-12(8)15-11(18)7-6-10(3)14(15)17(20)16(13)19/h4-7,16-17,19-20H,1-3H3/t16-,17+/m0/s1. The maximum absolute atomic E-state index is 14.3. The number of benzene rings is 2. The second-order valence-electron chi connectivity index (χ2n) is 5.53. The molecule has 2 atom stereocenters. The van der Waals surface area contributed by atoms with Crippen LogP contribution in [-0.2, 0) is 0 Å². The first kappa shape index (κ1) is 13.3. The molecule has 0 spiro atoms. The van der Waals surface area contributed by atoms with Crippen LogP contribution < -0.4 is 0 Å². The van der Waals surface area contributed by atoms with Crippen LogP contribution in [-0.4, -0.2) is 10.2 Å². The van der Waals surface area contributed by atoms with Gasteiger partial charge in [-0.15, -0.1) is 0 Å². The SMILES string of the molecule is Cc1ccc(C)c2c1-c1c(F)ccc(C)c1[C@@H](O)[C@H]2O. The molecule has 0 fully saturated rings. The summed E-state index contributed by atoms with van der Waals surface area (Å²) in [5.74, 6) is -0.355. The molecule has 20 heavy (non-hydrogen) atoms. The molecule has 0 radical (unpaired) electrons. The fourth-order valence-corrected chi connectivity index (χ4v) is 3.19. The van der Waals surface area contributed by atoms with Crippen molar-refractivity contribution in [2.75, 3.05) is 0 Å². The topological polar surface area (TPSA) is 40.5 Å². The van der Waals surface area contributed by atoms with Crippen molar-refractivity contribution in [3.63, 3.8) is 0 Å². The summed E-state index contributed by atoms with van der Waals surface area (Å²) >= 11 is 0. The fourth-order valence-electron chi connectivity index (χ4n) is 3.19. The van der Waals surface area contributed by atoms with E-state index in [1.807, 2.05) is 32.9 Å². The van der Waals surface area contributed by atoms with Gasteiger partial charge >= 0.3 is 0 Å². The Morgan fingerprint density at radius 2 is 1.20 bits per heavy atom. The first-order valence-electron chi connectivity index (χ1n) is 6.69. The van der Waals surface area contributed by atoms with Crippen LogP contribution in [0.4, 0.5) is 4.39 Å². The number of halogens is 1. The van der Waals surface area contributed by atoms with Gasteiger partial charge in [-0.05, 0) is 60.2 Å². The highest BCUT2D eigenvalue weighted by atomic mass is 19.1. The zero-order valence-corrected chi connectivity index (χ0v) is 11.7. The lowest BCUT2D eigenvalue weighted by atomic mass is 9.76. The average molecular weight is 272 g/mol. The molecule has 104 valence electrons. The van der Waals surface area contributed by atoms with Crippen molar-refractivity contribution in [2.24, 2.45) is 0 Å². The number of rotatable bonds is 0. The Morgan fingerprint density at radius 1 is 0.750 bits per heavy atom. The lowest BCUT2D eigenvalue weighted by Gasteiger charge is -2.33. The van der Waals surface area contributed by atoms with Crippen LogP contribution in [0.2, 0.25) is 0 Å². The van der Waals surface area contributed by atoms with Crippen LogP contribution in [0.5, 0.6) is 0 Å². The van der Waals surface area contributed by atoms with Crippen LogP contribution in [0.15, 0.2) is 24.3 Å². The molecule has 0 saturated carbocycles. The van der Waals surface area contributed by atoms with E-state index in [1.165, 1.54) is 6.07 Å². The molecule has 3 heteroatoms. The van der Waals surface area contributed by atoms with E-state index in [0.29, 0.717) is 16.7 Å². The second kappa shape index (κ2) is 4.40. The molecule has 0 saturated heterocycles. The molecule has 1 aliphatic rings. The molecule has 0 heterocycles. The van der Waals surface area contributed by atoms with Crippen LogP contribution >= 0.6 is 0 Å². The van der Waals surface area contributed by atoms with Gasteiger partial charge in [0.2, 0.25) is 0 Å². The van der Waals surface area contributed by atoms with Gasteiger partial charge in [0.25, 0.3) is 0 Å². The summed E-state index contributed by atoms with van der Waals surface area (Å²) in [4.78, 5) is 0. The normalized spacial score (nSPS) is 20.5. The Hall–Kier alpha value is -1.71. The van der Waals surface area contributed by atoms with Gasteiger partial charge < -0.3 is 10.2 Å². The summed E-state index contributed by atoms with van der Waals surface area (Å²) in [6.45, 7) is 5.59. The van der Waals surface area contributed by atoms with E-state index < -0.39 is 12.2 Å². The lowest BCUT2D eigenvalue weighted by Crippen LogP contribution is -2.21. The number of hydrogen-bond acceptors (Lipinski definition) is 2. The molecule has 0 amide bonds. The first-order valence-corrected chi connectivity index (χ1v) is 6.69. The monoisotopic (exact) mass is 272 g/mol. The Kier molecular flexibility index (Phi) is 2.92. The predicted molar refractivity (Wildman–Crippen MR) is 76.0 cm³/mol. The maximum atomic E-state index is 14.3. The minimum atomic E-state index is -1.09. The highest BCUT2D eigenvalue weighted by Crippen LogP contribution is 2.49. The van der Waals surface area contributed by atoms with Crippen molar-refractivity contribution < 1.29 is 14.6 Å². The van der Waals surface area contributed by atoms with Crippen molar-refractivity contribution in [1.82, 2.24) is 0 Å². The van der Waals surface area contributed by atoms with Crippen LogP contribution in [0.25, 0.3) is 11.1 Å². The van der Waals surface area contributed by atoms with E-state index in [1.54, 1.807) is 6.07 Å². The Balaban J connectivity index is 2.49. The van der Waals surface area contributed by atoms with Gasteiger partial charge in [0.15, 0.2) is 0 Å². The smallest absolute Gasteiger partial charge is 0.131 e. The molecule has 0 aliphatic heterocycles. The molecular formula is C17H17FO2. The molecule has 2 N–H and O–H groups in total. The van der Waals surface area contributed by atoms with E-state index >= 15 is 0 Å². The van der Waals surface area contributed by atoms with Gasteiger partial charge in [0, 0.05) is 5.56 Å². The Bertz CT molecular complexity index is 645. The van der Waals surface area contributed by atoms with Crippen molar-refractivity contribution in [1.29, 1.82) is 0 Å². The minimum absolute atomic E-state index is 0.355. The van der Waals surface area contributed by atoms with Crippen molar-refractivity contribution in [2.45, 2.75) is 33.0 Å². The molecule has 0 aromatic heterocycles. The van der Waals surface area contributed by atoms with Crippen molar-refractivity contribution in [3.8, 4) is 11.1 Å². The van der Waals surface area contributed by atoms with Crippen LogP contribution in [0, 0.1) is 26.6 Å². The minimum Gasteiger partial charge on any atom is -0.385 e. The largest absolute Gasteiger partial charge is 0.385 e. The van der Waals surface area contributed by atoms with E-state index in [-0.39, 0.29) is 5.82 Å². The summed E-state index contributed by atoms with van der Waals surface area (Å²) in [7, 11) is 0. The quantitative estimate of drug-likeness (QED) is 0.770. The number of hydrogen-bond donors (Lipinski definition) is 2.